The molecule has 0 fully saturated rings. The molecule has 0 amide bonds. The van der Waals surface area contributed by atoms with Crippen molar-refractivity contribution in [2.45, 2.75) is 26.8 Å². The zero-order valence-electron chi connectivity index (χ0n) is 11.1. The van der Waals surface area contributed by atoms with Crippen LogP contribution in [0.25, 0.3) is 0 Å². The van der Waals surface area contributed by atoms with E-state index in [4.69, 9.17) is 15.2 Å². The standard InChI is InChI=1S/C13H21NO2.ClH/c1-13(2,3)12(14)11-9(15-4)7-6-8-10(11)16-5;/h6-8,12H,14H2,1-5H3;1H/t12-;/m0./s1. The van der Waals surface area contributed by atoms with Gasteiger partial charge in [-0.05, 0) is 17.5 Å². The predicted molar refractivity (Wildman–Crippen MR) is 73.2 cm³/mol. The number of nitrogens with two attached hydrogens (primary N) is 1. The summed E-state index contributed by atoms with van der Waals surface area (Å²) in [6.07, 6.45) is 0. The lowest BCUT2D eigenvalue weighted by Crippen LogP contribution is -2.27. The summed E-state index contributed by atoms with van der Waals surface area (Å²) in [5.74, 6) is 1.56. The van der Waals surface area contributed by atoms with Gasteiger partial charge in [0.05, 0.1) is 19.8 Å². The topological polar surface area (TPSA) is 44.5 Å². The van der Waals surface area contributed by atoms with E-state index >= 15 is 0 Å². The number of methoxy groups -OCH3 is 2. The minimum Gasteiger partial charge on any atom is -0.496 e. The Kier molecular flexibility index (Phi) is 5.79. The van der Waals surface area contributed by atoms with Crippen LogP contribution in [0.5, 0.6) is 11.5 Å². The van der Waals surface area contributed by atoms with Crippen LogP contribution >= 0.6 is 12.4 Å². The quantitative estimate of drug-likeness (QED) is 0.907. The summed E-state index contributed by atoms with van der Waals surface area (Å²) < 4.78 is 10.7. The Hall–Kier alpha value is -0.930. The molecule has 3 nitrogen and oxygen atoms in total. The molecule has 1 aromatic carbocycles. The van der Waals surface area contributed by atoms with Crippen molar-refractivity contribution in [2.24, 2.45) is 11.1 Å². The van der Waals surface area contributed by atoms with Gasteiger partial charge in [-0.2, -0.15) is 0 Å². The summed E-state index contributed by atoms with van der Waals surface area (Å²) in [5.41, 5.74) is 7.16. The molecule has 1 rings (SSSR count). The number of ether oxygens (including phenoxy) is 2. The smallest absolute Gasteiger partial charge is 0.127 e. The predicted octanol–water partition coefficient (Wildman–Crippen LogP) is 3.17. The van der Waals surface area contributed by atoms with E-state index in [0.717, 1.165) is 17.1 Å². The Bertz CT molecular complexity index is 339. The molecule has 1 atom stereocenters. The van der Waals surface area contributed by atoms with Crippen molar-refractivity contribution < 1.29 is 9.47 Å². The number of hydrogen-bond acceptors (Lipinski definition) is 3. The summed E-state index contributed by atoms with van der Waals surface area (Å²) in [4.78, 5) is 0. The molecule has 0 heterocycles. The highest BCUT2D eigenvalue weighted by molar-refractivity contribution is 5.85. The molecule has 0 aliphatic carbocycles. The third kappa shape index (κ3) is 3.51. The molecule has 0 unspecified atom stereocenters. The Morgan fingerprint density at radius 2 is 1.47 bits per heavy atom. The van der Waals surface area contributed by atoms with Crippen LogP contribution in [0.4, 0.5) is 0 Å². The van der Waals surface area contributed by atoms with Gasteiger partial charge >= 0.3 is 0 Å². The third-order valence-electron chi connectivity index (χ3n) is 2.71. The fourth-order valence-electron chi connectivity index (χ4n) is 1.62. The molecular formula is C13H22ClNO2. The van der Waals surface area contributed by atoms with Crippen LogP contribution in [0.15, 0.2) is 18.2 Å². The van der Waals surface area contributed by atoms with Crippen molar-refractivity contribution in [1.82, 2.24) is 0 Å². The molecule has 0 radical (unpaired) electrons. The minimum absolute atomic E-state index is 0. The SMILES string of the molecule is COc1cccc(OC)c1[C@H](N)C(C)(C)C.Cl. The maximum atomic E-state index is 6.26. The van der Waals surface area contributed by atoms with Crippen LogP contribution < -0.4 is 15.2 Å². The molecule has 0 saturated heterocycles. The monoisotopic (exact) mass is 259 g/mol. The second kappa shape index (κ2) is 6.12. The lowest BCUT2D eigenvalue weighted by Gasteiger charge is -2.29. The first-order valence-electron chi connectivity index (χ1n) is 5.38. The lowest BCUT2D eigenvalue weighted by atomic mass is 9.82. The number of hydrogen-bond donors (Lipinski definition) is 1. The highest BCUT2D eigenvalue weighted by Crippen LogP contribution is 2.40. The van der Waals surface area contributed by atoms with Gasteiger partial charge in [0.15, 0.2) is 0 Å². The molecule has 0 saturated carbocycles. The molecule has 0 spiro atoms. The van der Waals surface area contributed by atoms with Crippen molar-refractivity contribution in [3.05, 3.63) is 23.8 Å². The summed E-state index contributed by atoms with van der Waals surface area (Å²) in [6.45, 7) is 6.30. The van der Waals surface area contributed by atoms with Gasteiger partial charge in [0.1, 0.15) is 11.5 Å². The van der Waals surface area contributed by atoms with Crippen molar-refractivity contribution >= 4 is 12.4 Å². The Balaban J connectivity index is 0.00000256. The Morgan fingerprint density at radius 3 is 1.76 bits per heavy atom. The summed E-state index contributed by atoms with van der Waals surface area (Å²) in [5, 5.41) is 0. The zero-order valence-corrected chi connectivity index (χ0v) is 11.9. The van der Waals surface area contributed by atoms with Crippen LogP contribution in [0.2, 0.25) is 0 Å². The number of rotatable bonds is 3. The van der Waals surface area contributed by atoms with Gasteiger partial charge in [-0.25, -0.2) is 0 Å². The van der Waals surface area contributed by atoms with E-state index in [1.54, 1.807) is 14.2 Å². The van der Waals surface area contributed by atoms with Gasteiger partial charge in [-0.1, -0.05) is 26.8 Å². The minimum atomic E-state index is -0.126. The zero-order chi connectivity index (χ0) is 12.3. The Labute approximate surface area is 110 Å². The van der Waals surface area contributed by atoms with Gasteiger partial charge in [0.2, 0.25) is 0 Å². The fourth-order valence-corrected chi connectivity index (χ4v) is 1.62. The van der Waals surface area contributed by atoms with E-state index in [1.165, 1.54) is 0 Å². The first-order chi connectivity index (χ1) is 7.41. The van der Waals surface area contributed by atoms with Gasteiger partial charge in [-0.15, -0.1) is 12.4 Å². The molecule has 0 aliphatic rings. The largest absolute Gasteiger partial charge is 0.496 e. The average Bonchev–Trinajstić information content (AvgIpc) is 2.25. The van der Waals surface area contributed by atoms with E-state index in [0.29, 0.717) is 0 Å². The van der Waals surface area contributed by atoms with Crippen LogP contribution in [0, 0.1) is 5.41 Å². The fraction of sp³-hybridized carbons (Fsp3) is 0.538. The van der Waals surface area contributed by atoms with Crippen molar-refractivity contribution in [1.29, 1.82) is 0 Å². The first-order valence-corrected chi connectivity index (χ1v) is 5.38. The van der Waals surface area contributed by atoms with E-state index < -0.39 is 0 Å². The van der Waals surface area contributed by atoms with Crippen molar-refractivity contribution in [3.8, 4) is 11.5 Å². The van der Waals surface area contributed by atoms with Crippen molar-refractivity contribution in [2.75, 3.05) is 14.2 Å². The van der Waals surface area contributed by atoms with E-state index in [1.807, 2.05) is 18.2 Å². The van der Waals surface area contributed by atoms with Crippen LogP contribution in [-0.2, 0) is 0 Å². The molecule has 4 heteroatoms. The van der Waals surface area contributed by atoms with Gasteiger partial charge < -0.3 is 15.2 Å². The van der Waals surface area contributed by atoms with Crippen LogP contribution in [-0.4, -0.2) is 14.2 Å². The molecule has 98 valence electrons. The molecule has 2 N–H and O–H groups in total. The maximum Gasteiger partial charge on any atom is 0.127 e. The van der Waals surface area contributed by atoms with E-state index in [9.17, 15) is 0 Å². The number of benzene rings is 1. The maximum absolute atomic E-state index is 6.26. The molecular weight excluding hydrogens is 238 g/mol. The first kappa shape index (κ1) is 16.1. The van der Waals surface area contributed by atoms with Crippen LogP contribution in [0.1, 0.15) is 32.4 Å². The average molecular weight is 260 g/mol. The van der Waals surface area contributed by atoms with E-state index in [2.05, 4.69) is 20.8 Å². The second-order valence-electron chi connectivity index (χ2n) is 4.92. The molecule has 17 heavy (non-hydrogen) atoms. The van der Waals surface area contributed by atoms with Gasteiger partial charge in [0, 0.05) is 6.04 Å². The Morgan fingerprint density at radius 1 is 1.06 bits per heavy atom. The van der Waals surface area contributed by atoms with Gasteiger partial charge in [0.25, 0.3) is 0 Å². The van der Waals surface area contributed by atoms with Gasteiger partial charge in [-0.3, -0.25) is 0 Å². The number of halogens is 1. The summed E-state index contributed by atoms with van der Waals surface area (Å²) in [6, 6.07) is 5.59. The third-order valence-corrected chi connectivity index (χ3v) is 2.71. The van der Waals surface area contributed by atoms with E-state index in [-0.39, 0.29) is 23.9 Å². The summed E-state index contributed by atoms with van der Waals surface area (Å²) in [7, 11) is 3.29. The highest BCUT2D eigenvalue weighted by atomic mass is 35.5. The van der Waals surface area contributed by atoms with Crippen molar-refractivity contribution in [3.63, 3.8) is 0 Å². The second-order valence-corrected chi connectivity index (χ2v) is 4.92. The normalized spacial score (nSPS) is 12.6. The molecule has 0 bridgehead atoms. The molecule has 0 aromatic heterocycles. The highest BCUT2D eigenvalue weighted by Gasteiger charge is 2.27. The van der Waals surface area contributed by atoms with Crippen LogP contribution in [0.3, 0.4) is 0 Å². The molecule has 0 aliphatic heterocycles. The summed E-state index contributed by atoms with van der Waals surface area (Å²) >= 11 is 0. The lowest BCUT2D eigenvalue weighted by molar-refractivity contribution is 0.301. The molecule has 1 aromatic rings.